The predicted octanol–water partition coefficient (Wildman–Crippen LogP) is 12.3. The zero-order valence-corrected chi connectivity index (χ0v) is 27.5. The molecule has 0 bridgehead atoms. The van der Waals surface area contributed by atoms with E-state index in [9.17, 15) is 0 Å². The molecule has 0 amide bonds. The Bertz CT molecular complexity index is 2850. The summed E-state index contributed by atoms with van der Waals surface area (Å²) in [6.45, 7) is 2.26. The van der Waals surface area contributed by atoms with E-state index in [0.717, 1.165) is 6.42 Å². The normalized spacial score (nSPS) is 12.0. The maximum absolute atomic E-state index is 2.46. The SMILES string of the molecule is CCCCc1ccc(-n2c3ccccc3c3cc(-n4c5ccccc5c5c4ccc4c6ccccc6n(-c6ccccc6)c45)ccc32)cc1. The zero-order valence-electron chi connectivity index (χ0n) is 27.5. The topological polar surface area (TPSA) is 14.8 Å². The summed E-state index contributed by atoms with van der Waals surface area (Å²) >= 11 is 0. The fourth-order valence-corrected chi connectivity index (χ4v) is 8.20. The standard InChI is InChI=1S/C46H35N3/c1-2-3-13-31-22-24-33(25-23-31)47-40-19-10-8-17-36(40)39-30-34(26-28-43(39)47)48-42-21-12-9-18-38(42)45-44(48)29-27-37-35-16-7-11-20-41(35)49(46(37)45)32-14-5-4-6-15-32/h4-12,14-30H,2-3,13H2,1H3. The molecule has 234 valence electrons. The van der Waals surface area contributed by atoms with Crippen LogP contribution in [0.25, 0.3) is 82.5 Å². The van der Waals surface area contributed by atoms with Crippen molar-refractivity contribution in [3.63, 3.8) is 0 Å². The van der Waals surface area contributed by atoms with Crippen molar-refractivity contribution in [2.75, 3.05) is 0 Å². The van der Waals surface area contributed by atoms with E-state index in [4.69, 9.17) is 0 Å². The van der Waals surface area contributed by atoms with Gasteiger partial charge in [0.15, 0.2) is 0 Å². The average molecular weight is 630 g/mol. The van der Waals surface area contributed by atoms with E-state index < -0.39 is 0 Å². The molecule has 3 heteroatoms. The van der Waals surface area contributed by atoms with Crippen LogP contribution in [0, 0.1) is 0 Å². The number of unbranched alkanes of at least 4 members (excludes halogenated alkanes) is 1. The zero-order chi connectivity index (χ0) is 32.5. The Balaban J connectivity index is 1.25. The molecule has 0 fully saturated rings. The summed E-state index contributed by atoms with van der Waals surface area (Å²) in [5.74, 6) is 0. The number of para-hydroxylation sites is 4. The monoisotopic (exact) mass is 629 g/mol. The van der Waals surface area contributed by atoms with Gasteiger partial charge in [0, 0.05) is 49.4 Å². The molecule has 0 radical (unpaired) electrons. The van der Waals surface area contributed by atoms with Gasteiger partial charge in [0.2, 0.25) is 0 Å². The minimum absolute atomic E-state index is 1.13. The van der Waals surface area contributed by atoms with Crippen molar-refractivity contribution >= 4 is 65.4 Å². The first kappa shape index (κ1) is 28.0. The summed E-state index contributed by atoms with van der Waals surface area (Å²) in [5.41, 5.74) is 12.3. The van der Waals surface area contributed by atoms with E-state index in [-0.39, 0.29) is 0 Å². The van der Waals surface area contributed by atoms with E-state index in [1.807, 2.05) is 0 Å². The Labute approximate surface area is 284 Å². The van der Waals surface area contributed by atoms with E-state index in [1.165, 1.54) is 101 Å². The molecular formula is C46H35N3. The lowest BCUT2D eigenvalue weighted by Gasteiger charge is -2.11. The molecule has 0 unspecified atom stereocenters. The highest BCUT2D eigenvalue weighted by atomic mass is 15.0. The van der Waals surface area contributed by atoms with Gasteiger partial charge < -0.3 is 13.7 Å². The molecule has 0 atom stereocenters. The molecule has 3 heterocycles. The van der Waals surface area contributed by atoms with Gasteiger partial charge in [-0.05, 0) is 85.1 Å². The number of nitrogens with zero attached hydrogens (tertiary/aromatic N) is 3. The molecule has 0 spiro atoms. The number of fused-ring (bicyclic) bond motifs is 10. The Morgan fingerprint density at radius 1 is 0.388 bits per heavy atom. The largest absolute Gasteiger partial charge is 0.309 e. The maximum Gasteiger partial charge on any atom is 0.0641 e. The molecule has 0 aliphatic heterocycles. The van der Waals surface area contributed by atoms with E-state index in [1.54, 1.807) is 0 Å². The number of aryl methyl sites for hydroxylation is 1. The van der Waals surface area contributed by atoms with Crippen LogP contribution < -0.4 is 0 Å². The molecule has 0 N–H and O–H groups in total. The van der Waals surface area contributed by atoms with Crippen molar-refractivity contribution in [2.45, 2.75) is 26.2 Å². The molecule has 10 aromatic rings. The van der Waals surface area contributed by atoms with Crippen LogP contribution in [0.2, 0.25) is 0 Å². The molecule has 0 saturated heterocycles. The minimum atomic E-state index is 1.13. The van der Waals surface area contributed by atoms with Crippen molar-refractivity contribution in [1.82, 2.24) is 13.7 Å². The van der Waals surface area contributed by atoms with Crippen molar-refractivity contribution in [1.29, 1.82) is 0 Å². The molecule has 49 heavy (non-hydrogen) atoms. The first-order chi connectivity index (χ1) is 24.3. The third-order valence-corrected chi connectivity index (χ3v) is 10.4. The third kappa shape index (κ3) is 4.15. The number of rotatable bonds is 6. The summed E-state index contributed by atoms with van der Waals surface area (Å²) in [6, 6.07) is 58.1. The highest BCUT2D eigenvalue weighted by molar-refractivity contribution is 6.26. The van der Waals surface area contributed by atoms with Gasteiger partial charge in [0.25, 0.3) is 0 Å². The second-order valence-corrected chi connectivity index (χ2v) is 13.2. The van der Waals surface area contributed by atoms with Crippen LogP contribution in [-0.4, -0.2) is 13.7 Å². The van der Waals surface area contributed by atoms with Crippen LogP contribution in [0.4, 0.5) is 0 Å². The Morgan fingerprint density at radius 2 is 0.918 bits per heavy atom. The van der Waals surface area contributed by atoms with Gasteiger partial charge >= 0.3 is 0 Å². The summed E-state index contributed by atoms with van der Waals surface area (Å²) < 4.78 is 7.34. The maximum atomic E-state index is 2.46. The lowest BCUT2D eigenvalue weighted by atomic mass is 10.1. The number of aromatic nitrogens is 3. The van der Waals surface area contributed by atoms with Crippen LogP contribution in [0.15, 0.2) is 158 Å². The second kappa shape index (κ2) is 11.0. The molecule has 0 aliphatic rings. The van der Waals surface area contributed by atoms with Gasteiger partial charge in [-0.15, -0.1) is 0 Å². The van der Waals surface area contributed by atoms with Crippen molar-refractivity contribution in [2.24, 2.45) is 0 Å². The van der Waals surface area contributed by atoms with Crippen LogP contribution in [0.1, 0.15) is 25.3 Å². The Hall–Kier alpha value is -6.06. The third-order valence-electron chi connectivity index (χ3n) is 10.4. The highest BCUT2D eigenvalue weighted by Crippen LogP contribution is 2.42. The van der Waals surface area contributed by atoms with Gasteiger partial charge in [-0.25, -0.2) is 0 Å². The van der Waals surface area contributed by atoms with Crippen LogP contribution in [0.5, 0.6) is 0 Å². The number of benzene rings is 7. The lowest BCUT2D eigenvalue weighted by molar-refractivity contribution is 0.795. The summed E-state index contributed by atoms with van der Waals surface area (Å²) in [6.07, 6.45) is 3.56. The van der Waals surface area contributed by atoms with E-state index >= 15 is 0 Å². The van der Waals surface area contributed by atoms with Crippen molar-refractivity contribution < 1.29 is 0 Å². The molecule has 3 aromatic heterocycles. The van der Waals surface area contributed by atoms with Crippen molar-refractivity contribution in [3.8, 4) is 17.1 Å². The average Bonchev–Trinajstić information content (AvgIpc) is 3.80. The minimum Gasteiger partial charge on any atom is -0.309 e. The van der Waals surface area contributed by atoms with E-state index in [2.05, 4.69) is 178 Å². The molecule has 7 aromatic carbocycles. The van der Waals surface area contributed by atoms with Gasteiger partial charge in [-0.1, -0.05) is 104 Å². The summed E-state index contributed by atoms with van der Waals surface area (Å²) in [7, 11) is 0. The Morgan fingerprint density at radius 3 is 1.65 bits per heavy atom. The van der Waals surface area contributed by atoms with Crippen LogP contribution >= 0.6 is 0 Å². The smallest absolute Gasteiger partial charge is 0.0641 e. The fraction of sp³-hybridized carbons (Fsp3) is 0.0870. The summed E-state index contributed by atoms with van der Waals surface area (Å²) in [5, 5.41) is 7.60. The fourth-order valence-electron chi connectivity index (χ4n) is 8.20. The van der Waals surface area contributed by atoms with Crippen LogP contribution in [-0.2, 0) is 6.42 Å². The predicted molar refractivity (Wildman–Crippen MR) is 208 cm³/mol. The Kier molecular flexibility index (Phi) is 6.29. The lowest BCUT2D eigenvalue weighted by Crippen LogP contribution is -1.96. The van der Waals surface area contributed by atoms with Crippen molar-refractivity contribution in [3.05, 3.63) is 163 Å². The highest BCUT2D eigenvalue weighted by Gasteiger charge is 2.21. The number of hydrogen-bond donors (Lipinski definition) is 0. The molecule has 0 aliphatic carbocycles. The van der Waals surface area contributed by atoms with Crippen LogP contribution in [0.3, 0.4) is 0 Å². The number of hydrogen-bond acceptors (Lipinski definition) is 0. The molecule has 3 nitrogen and oxygen atoms in total. The molecule has 0 saturated carbocycles. The second-order valence-electron chi connectivity index (χ2n) is 13.2. The quantitative estimate of drug-likeness (QED) is 0.174. The first-order valence-corrected chi connectivity index (χ1v) is 17.4. The van der Waals surface area contributed by atoms with E-state index in [0.29, 0.717) is 0 Å². The molecular weight excluding hydrogens is 595 g/mol. The van der Waals surface area contributed by atoms with Gasteiger partial charge in [0.1, 0.15) is 0 Å². The van der Waals surface area contributed by atoms with Gasteiger partial charge in [0.05, 0.1) is 33.1 Å². The molecule has 10 rings (SSSR count). The van der Waals surface area contributed by atoms with Gasteiger partial charge in [-0.2, -0.15) is 0 Å². The summed E-state index contributed by atoms with van der Waals surface area (Å²) in [4.78, 5) is 0. The first-order valence-electron chi connectivity index (χ1n) is 17.4. The van der Waals surface area contributed by atoms with Gasteiger partial charge in [-0.3, -0.25) is 0 Å².